The summed E-state index contributed by atoms with van der Waals surface area (Å²) in [7, 11) is 0. The molecule has 1 heteroatoms. The first-order valence-corrected chi connectivity index (χ1v) is 6.70. The molecule has 1 aliphatic rings. The first-order valence-electron chi connectivity index (χ1n) is 6.70. The molecule has 0 unspecified atom stereocenters. The van der Waals surface area contributed by atoms with E-state index in [4.69, 9.17) is 0 Å². The minimum Gasteiger partial charge on any atom is -0.316 e. The fourth-order valence-electron chi connectivity index (χ4n) is 2.23. The van der Waals surface area contributed by atoms with Gasteiger partial charge in [0.1, 0.15) is 0 Å². The summed E-state index contributed by atoms with van der Waals surface area (Å²) < 4.78 is 0. The van der Waals surface area contributed by atoms with Gasteiger partial charge in [0.15, 0.2) is 0 Å². The Morgan fingerprint density at radius 3 is 2.56 bits per heavy atom. The molecule has 0 atom stereocenters. The van der Waals surface area contributed by atoms with E-state index in [-0.39, 0.29) is 0 Å². The fraction of sp³-hybridized carbons (Fsp3) is 0.600. The van der Waals surface area contributed by atoms with E-state index in [1.54, 1.807) is 0 Å². The zero-order valence-corrected chi connectivity index (χ0v) is 10.1. The van der Waals surface area contributed by atoms with Crippen molar-refractivity contribution >= 4 is 0 Å². The Kier molecular flexibility index (Phi) is 4.88. The first-order chi connectivity index (χ1) is 7.95. The van der Waals surface area contributed by atoms with Gasteiger partial charge < -0.3 is 5.32 Å². The molecule has 0 aliphatic heterocycles. The Morgan fingerprint density at radius 2 is 1.88 bits per heavy atom. The van der Waals surface area contributed by atoms with Crippen molar-refractivity contribution in [1.29, 1.82) is 0 Å². The highest BCUT2D eigenvalue weighted by Crippen LogP contribution is 2.25. The Morgan fingerprint density at radius 1 is 1.06 bits per heavy atom. The second kappa shape index (κ2) is 6.70. The smallest absolute Gasteiger partial charge is 0.00205 e. The van der Waals surface area contributed by atoms with Gasteiger partial charge in [-0.15, -0.1) is 0 Å². The van der Waals surface area contributed by atoms with Gasteiger partial charge in [0, 0.05) is 0 Å². The lowest BCUT2D eigenvalue weighted by atomic mass is 9.85. The largest absolute Gasteiger partial charge is 0.316 e. The van der Waals surface area contributed by atoms with Crippen molar-refractivity contribution in [1.82, 2.24) is 5.32 Å². The summed E-state index contributed by atoms with van der Waals surface area (Å²) in [4.78, 5) is 0. The molecule has 1 aliphatic carbocycles. The van der Waals surface area contributed by atoms with Crippen molar-refractivity contribution in [3.8, 4) is 0 Å². The van der Waals surface area contributed by atoms with E-state index in [9.17, 15) is 0 Å². The van der Waals surface area contributed by atoms with E-state index in [1.807, 2.05) is 0 Å². The van der Waals surface area contributed by atoms with Crippen LogP contribution in [-0.2, 0) is 6.42 Å². The van der Waals surface area contributed by atoms with E-state index in [0.29, 0.717) is 0 Å². The SMILES string of the molecule is c1ccc(CCCCNCC2CCC2)cc1. The molecule has 0 heterocycles. The van der Waals surface area contributed by atoms with Crippen LogP contribution in [0.2, 0.25) is 0 Å². The van der Waals surface area contributed by atoms with Crippen LogP contribution in [0.1, 0.15) is 37.7 Å². The molecule has 0 saturated heterocycles. The molecule has 0 aromatic heterocycles. The lowest BCUT2D eigenvalue weighted by molar-refractivity contribution is 0.301. The van der Waals surface area contributed by atoms with Crippen LogP contribution < -0.4 is 5.32 Å². The van der Waals surface area contributed by atoms with Crippen molar-refractivity contribution in [2.45, 2.75) is 38.5 Å². The van der Waals surface area contributed by atoms with Gasteiger partial charge in [-0.2, -0.15) is 0 Å². The maximum Gasteiger partial charge on any atom is -0.00205 e. The van der Waals surface area contributed by atoms with Crippen LogP contribution >= 0.6 is 0 Å². The van der Waals surface area contributed by atoms with Crippen LogP contribution in [0.3, 0.4) is 0 Å². The molecular formula is C15H23N. The third-order valence-electron chi connectivity index (χ3n) is 3.57. The average molecular weight is 217 g/mol. The van der Waals surface area contributed by atoms with Crippen molar-refractivity contribution in [2.24, 2.45) is 5.92 Å². The first kappa shape index (κ1) is 11.7. The van der Waals surface area contributed by atoms with Crippen LogP contribution in [0.25, 0.3) is 0 Å². The van der Waals surface area contributed by atoms with Crippen LogP contribution in [0.4, 0.5) is 0 Å². The number of unbranched alkanes of at least 4 members (excludes halogenated alkanes) is 1. The molecule has 0 radical (unpaired) electrons. The van der Waals surface area contributed by atoms with Gasteiger partial charge in [-0.05, 0) is 56.7 Å². The molecule has 0 bridgehead atoms. The summed E-state index contributed by atoms with van der Waals surface area (Å²) in [6.45, 7) is 2.45. The van der Waals surface area contributed by atoms with E-state index in [2.05, 4.69) is 35.6 Å². The lowest BCUT2D eigenvalue weighted by Gasteiger charge is -2.25. The molecule has 0 amide bonds. The summed E-state index contributed by atoms with van der Waals surface area (Å²) in [5.74, 6) is 0.995. The van der Waals surface area contributed by atoms with Crippen molar-refractivity contribution in [3.05, 3.63) is 35.9 Å². The quantitative estimate of drug-likeness (QED) is 0.690. The van der Waals surface area contributed by atoms with Crippen LogP contribution in [0.15, 0.2) is 30.3 Å². The van der Waals surface area contributed by atoms with E-state index < -0.39 is 0 Å². The molecule has 1 fully saturated rings. The van der Waals surface area contributed by atoms with Gasteiger partial charge in [0.2, 0.25) is 0 Å². The molecule has 16 heavy (non-hydrogen) atoms. The third kappa shape index (κ3) is 3.97. The van der Waals surface area contributed by atoms with Crippen LogP contribution in [0.5, 0.6) is 0 Å². The Labute approximate surface area is 99.3 Å². The molecule has 1 aromatic carbocycles. The van der Waals surface area contributed by atoms with E-state index in [1.165, 1.54) is 57.2 Å². The summed E-state index contributed by atoms with van der Waals surface area (Å²) in [6, 6.07) is 10.8. The Hall–Kier alpha value is -0.820. The number of aryl methyl sites for hydroxylation is 1. The zero-order valence-electron chi connectivity index (χ0n) is 10.1. The number of hydrogen-bond acceptors (Lipinski definition) is 1. The van der Waals surface area contributed by atoms with Gasteiger partial charge in [-0.3, -0.25) is 0 Å². The highest BCUT2D eigenvalue weighted by Gasteiger charge is 2.15. The second-order valence-corrected chi connectivity index (χ2v) is 4.94. The summed E-state index contributed by atoms with van der Waals surface area (Å²) in [5.41, 5.74) is 1.47. The Bertz CT molecular complexity index is 277. The molecule has 88 valence electrons. The standard InChI is InChI=1S/C15H23N/c1-2-7-14(8-3-1)9-4-5-12-16-13-15-10-6-11-15/h1-3,7-8,15-16H,4-6,9-13H2. The monoisotopic (exact) mass is 217 g/mol. The minimum atomic E-state index is 0.995. The summed E-state index contributed by atoms with van der Waals surface area (Å²) in [6.07, 6.45) is 8.21. The Balaban J connectivity index is 1.45. The topological polar surface area (TPSA) is 12.0 Å². The van der Waals surface area contributed by atoms with Crippen molar-refractivity contribution in [3.63, 3.8) is 0 Å². The summed E-state index contributed by atoms with van der Waals surface area (Å²) >= 11 is 0. The molecule has 1 N–H and O–H groups in total. The summed E-state index contributed by atoms with van der Waals surface area (Å²) in [5, 5.41) is 3.57. The average Bonchev–Trinajstić information content (AvgIpc) is 2.27. The van der Waals surface area contributed by atoms with E-state index in [0.717, 1.165) is 5.92 Å². The number of rotatable bonds is 7. The normalized spacial score (nSPS) is 16.0. The molecule has 0 spiro atoms. The third-order valence-corrected chi connectivity index (χ3v) is 3.57. The van der Waals surface area contributed by atoms with Gasteiger partial charge in [-0.25, -0.2) is 0 Å². The van der Waals surface area contributed by atoms with E-state index >= 15 is 0 Å². The van der Waals surface area contributed by atoms with Crippen LogP contribution in [-0.4, -0.2) is 13.1 Å². The number of benzene rings is 1. The van der Waals surface area contributed by atoms with Gasteiger partial charge in [0.05, 0.1) is 0 Å². The molecule has 1 aromatic rings. The van der Waals surface area contributed by atoms with Crippen molar-refractivity contribution < 1.29 is 0 Å². The maximum absolute atomic E-state index is 3.57. The molecule has 1 nitrogen and oxygen atoms in total. The highest BCUT2D eigenvalue weighted by atomic mass is 14.9. The van der Waals surface area contributed by atoms with Crippen molar-refractivity contribution in [2.75, 3.05) is 13.1 Å². The molecular weight excluding hydrogens is 194 g/mol. The highest BCUT2D eigenvalue weighted by molar-refractivity contribution is 5.14. The van der Waals surface area contributed by atoms with Crippen LogP contribution in [0, 0.1) is 5.92 Å². The maximum atomic E-state index is 3.57. The number of nitrogens with one attached hydrogen (secondary N) is 1. The minimum absolute atomic E-state index is 0.995. The van der Waals surface area contributed by atoms with Gasteiger partial charge >= 0.3 is 0 Å². The second-order valence-electron chi connectivity index (χ2n) is 4.94. The van der Waals surface area contributed by atoms with Gasteiger partial charge in [-0.1, -0.05) is 36.8 Å². The number of hydrogen-bond donors (Lipinski definition) is 1. The molecule has 2 rings (SSSR count). The predicted octanol–water partition coefficient (Wildman–Crippen LogP) is 3.40. The fourth-order valence-corrected chi connectivity index (χ4v) is 2.23. The molecule has 1 saturated carbocycles. The van der Waals surface area contributed by atoms with Gasteiger partial charge in [0.25, 0.3) is 0 Å². The lowest BCUT2D eigenvalue weighted by Crippen LogP contribution is -2.27. The predicted molar refractivity (Wildman–Crippen MR) is 69.6 cm³/mol. The zero-order chi connectivity index (χ0) is 11.1.